The molecule has 0 saturated carbocycles. The number of carbonyl (C=O) groups is 1. The van der Waals surface area contributed by atoms with Crippen molar-refractivity contribution in [1.82, 2.24) is 10.3 Å². The average Bonchev–Trinajstić information content (AvgIpc) is 3.32. The highest BCUT2D eigenvalue weighted by molar-refractivity contribution is 5.93. The molecule has 1 aliphatic heterocycles. The van der Waals surface area contributed by atoms with Crippen LogP contribution in [0, 0.1) is 37.4 Å². The summed E-state index contributed by atoms with van der Waals surface area (Å²) in [6.07, 6.45) is 0.903. The number of hydrogen-bond acceptors (Lipinski definition) is 4. The van der Waals surface area contributed by atoms with E-state index in [2.05, 4.69) is 22.1 Å². The van der Waals surface area contributed by atoms with Gasteiger partial charge in [-0.3, -0.25) is 4.79 Å². The van der Waals surface area contributed by atoms with E-state index in [9.17, 15) is 14.3 Å². The Morgan fingerprint density at radius 2 is 1.97 bits per heavy atom. The van der Waals surface area contributed by atoms with Crippen molar-refractivity contribution < 1.29 is 19.0 Å². The largest absolute Gasteiger partial charge is 0.508 e. The summed E-state index contributed by atoms with van der Waals surface area (Å²) in [4.78, 5) is 17.6. The summed E-state index contributed by atoms with van der Waals surface area (Å²) < 4.78 is 19.4. The summed E-state index contributed by atoms with van der Waals surface area (Å²) in [7, 11) is 0. The number of phenols is 1. The van der Waals surface area contributed by atoms with Gasteiger partial charge in [-0.15, -0.1) is 0 Å². The molecular formula is C27H25FN2O3. The molecule has 2 N–H and O–H groups in total. The first-order valence-corrected chi connectivity index (χ1v) is 10.8. The molecule has 1 aliphatic rings. The number of halogens is 1. The summed E-state index contributed by atoms with van der Waals surface area (Å²) in [5.41, 5.74) is 3.58. The lowest BCUT2D eigenvalue weighted by Crippen LogP contribution is -2.30. The second kappa shape index (κ2) is 9.85. The third-order valence-electron chi connectivity index (χ3n) is 5.52. The van der Waals surface area contributed by atoms with Gasteiger partial charge in [0.2, 0.25) is 0 Å². The van der Waals surface area contributed by atoms with E-state index >= 15 is 0 Å². The first kappa shape index (κ1) is 22.5. The van der Waals surface area contributed by atoms with E-state index in [-0.39, 0.29) is 22.9 Å². The minimum atomic E-state index is -0.763. The lowest BCUT2D eigenvalue weighted by atomic mass is 9.96. The van der Waals surface area contributed by atoms with E-state index in [0.717, 1.165) is 18.6 Å². The molecule has 1 aromatic heterocycles. The van der Waals surface area contributed by atoms with Crippen molar-refractivity contribution in [3.8, 4) is 17.6 Å². The maximum atomic E-state index is 14.0. The molecule has 2 aromatic carbocycles. The Balaban J connectivity index is 1.65. The van der Waals surface area contributed by atoms with Crippen LogP contribution in [-0.2, 0) is 4.74 Å². The number of aromatic hydroxyl groups is 1. The van der Waals surface area contributed by atoms with Crippen LogP contribution in [0.2, 0.25) is 0 Å². The molecule has 2 atom stereocenters. The van der Waals surface area contributed by atoms with Crippen LogP contribution in [0.25, 0.3) is 0 Å². The van der Waals surface area contributed by atoms with E-state index in [1.54, 1.807) is 13.0 Å². The van der Waals surface area contributed by atoms with Gasteiger partial charge in [0, 0.05) is 29.3 Å². The number of benzene rings is 2. The number of amides is 1. The van der Waals surface area contributed by atoms with E-state index < -0.39 is 17.8 Å². The molecule has 3 aromatic rings. The molecule has 1 fully saturated rings. The molecule has 1 saturated heterocycles. The highest BCUT2D eigenvalue weighted by atomic mass is 19.1. The van der Waals surface area contributed by atoms with Gasteiger partial charge in [0.15, 0.2) is 0 Å². The van der Waals surface area contributed by atoms with Crippen molar-refractivity contribution in [1.29, 1.82) is 0 Å². The second-order valence-electron chi connectivity index (χ2n) is 8.23. The van der Waals surface area contributed by atoms with Gasteiger partial charge in [-0.1, -0.05) is 41.7 Å². The summed E-state index contributed by atoms with van der Waals surface area (Å²) >= 11 is 0. The van der Waals surface area contributed by atoms with Gasteiger partial charge in [-0.2, -0.15) is 0 Å². The Morgan fingerprint density at radius 1 is 1.18 bits per heavy atom. The number of nitrogens with zero attached hydrogens (tertiary/aromatic N) is 1. The van der Waals surface area contributed by atoms with Gasteiger partial charge in [-0.25, -0.2) is 9.37 Å². The summed E-state index contributed by atoms with van der Waals surface area (Å²) in [6.45, 7) is 5.10. The Bertz CT molecular complexity index is 1220. The molecule has 4 rings (SSSR count). The molecule has 0 bridgehead atoms. The number of phenolic OH excluding ortho intramolecular Hbond substituents is 1. The zero-order valence-corrected chi connectivity index (χ0v) is 18.6. The normalized spacial score (nSPS) is 16.0. The number of hydrogen-bond donors (Lipinski definition) is 2. The SMILES string of the molecule is Cc1ccc(C(NC(=O)c2cc(C#C[C@H]3CCOC3)cc(C)n2)c2cc(F)ccc2O)cc1. The Morgan fingerprint density at radius 3 is 2.70 bits per heavy atom. The van der Waals surface area contributed by atoms with Crippen LogP contribution < -0.4 is 5.32 Å². The molecule has 0 aliphatic carbocycles. The number of nitrogens with one attached hydrogen (secondary N) is 1. The fourth-order valence-electron chi connectivity index (χ4n) is 3.75. The van der Waals surface area contributed by atoms with Crippen LogP contribution >= 0.6 is 0 Å². The molecule has 168 valence electrons. The van der Waals surface area contributed by atoms with Gasteiger partial charge in [-0.05, 0) is 56.2 Å². The van der Waals surface area contributed by atoms with Gasteiger partial charge in [0.25, 0.3) is 5.91 Å². The Kier molecular flexibility index (Phi) is 6.71. The maximum absolute atomic E-state index is 14.0. The fourth-order valence-corrected chi connectivity index (χ4v) is 3.75. The van der Waals surface area contributed by atoms with Crippen LogP contribution in [0.5, 0.6) is 5.75 Å². The minimum absolute atomic E-state index is 0.107. The van der Waals surface area contributed by atoms with E-state index in [1.165, 1.54) is 18.2 Å². The zero-order chi connectivity index (χ0) is 23.4. The molecular weight excluding hydrogens is 419 g/mol. The van der Waals surface area contributed by atoms with Gasteiger partial charge < -0.3 is 15.2 Å². The first-order chi connectivity index (χ1) is 15.9. The lowest BCUT2D eigenvalue weighted by molar-refractivity contribution is 0.0937. The Hall–Kier alpha value is -3.69. The monoisotopic (exact) mass is 444 g/mol. The third kappa shape index (κ3) is 5.57. The topological polar surface area (TPSA) is 71.5 Å². The van der Waals surface area contributed by atoms with Crippen molar-refractivity contribution >= 4 is 5.91 Å². The molecule has 1 unspecified atom stereocenters. The van der Waals surface area contributed by atoms with Crippen molar-refractivity contribution in [2.45, 2.75) is 26.3 Å². The average molecular weight is 445 g/mol. The molecule has 6 heteroatoms. The predicted octanol–water partition coefficient (Wildman–Crippen LogP) is 4.45. The van der Waals surface area contributed by atoms with Crippen molar-refractivity contribution in [2.24, 2.45) is 5.92 Å². The standard InChI is InChI=1S/C27H25FN2O3/c1-17-3-7-21(8-4-17)26(23-15-22(28)9-10-25(23)31)30-27(32)24-14-20(13-18(2)29-24)6-5-19-11-12-33-16-19/h3-4,7-10,13-15,19,26,31H,11-12,16H2,1-2H3,(H,30,32)/t19-,26?/m0/s1. The highest BCUT2D eigenvalue weighted by Crippen LogP contribution is 2.30. The Labute approximate surface area is 192 Å². The first-order valence-electron chi connectivity index (χ1n) is 10.8. The summed E-state index contributed by atoms with van der Waals surface area (Å²) in [5.74, 6) is 5.45. The summed E-state index contributed by atoms with van der Waals surface area (Å²) in [5, 5.41) is 13.3. The second-order valence-corrected chi connectivity index (χ2v) is 8.23. The number of ether oxygens (including phenoxy) is 1. The minimum Gasteiger partial charge on any atom is -0.508 e. The molecule has 2 heterocycles. The van der Waals surface area contributed by atoms with Crippen LogP contribution in [0.1, 0.15) is 50.9 Å². The van der Waals surface area contributed by atoms with Crippen LogP contribution in [0.4, 0.5) is 4.39 Å². The third-order valence-corrected chi connectivity index (χ3v) is 5.52. The van der Waals surface area contributed by atoms with Crippen LogP contribution in [0.3, 0.4) is 0 Å². The van der Waals surface area contributed by atoms with Crippen LogP contribution in [0.15, 0.2) is 54.6 Å². The van der Waals surface area contributed by atoms with E-state index in [0.29, 0.717) is 23.4 Å². The molecule has 1 amide bonds. The maximum Gasteiger partial charge on any atom is 0.270 e. The molecule has 0 spiro atoms. The molecule has 33 heavy (non-hydrogen) atoms. The van der Waals surface area contributed by atoms with Gasteiger partial charge in [0.05, 0.1) is 12.6 Å². The molecule has 0 radical (unpaired) electrons. The zero-order valence-electron chi connectivity index (χ0n) is 18.6. The highest BCUT2D eigenvalue weighted by Gasteiger charge is 2.22. The number of aromatic nitrogens is 1. The van der Waals surface area contributed by atoms with Crippen molar-refractivity contribution in [2.75, 3.05) is 13.2 Å². The number of rotatable bonds is 4. The smallest absolute Gasteiger partial charge is 0.270 e. The summed E-state index contributed by atoms with van der Waals surface area (Å²) in [6, 6.07) is 13.9. The number of carbonyl (C=O) groups excluding carboxylic acids is 1. The van der Waals surface area contributed by atoms with Gasteiger partial charge >= 0.3 is 0 Å². The van der Waals surface area contributed by atoms with Crippen molar-refractivity contribution in [3.05, 3.63) is 94.1 Å². The van der Waals surface area contributed by atoms with Crippen molar-refractivity contribution in [3.63, 3.8) is 0 Å². The van der Waals surface area contributed by atoms with E-state index in [4.69, 9.17) is 4.74 Å². The van der Waals surface area contributed by atoms with Gasteiger partial charge in [0.1, 0.15) is 17.3 Å². The fraction of sp³-hybridized carbons (Fsp3) is 0.259. The quantitative estimate of drug-likeness (QED) is 0.584. The lowest BCUT2D eigenvalue weighted by Gasteiger charge is -2.21. The van der Waals surface area contributed by atoms with E-state index in [1.807, 2.05) is 37.3 Å². The van der Waals surface area contributed by atoms with Crippen LogP contribution in [-0.4, -0.2) is 29.2 Å². The molecule has 5 nitrogen and oxygen atoms in total. The number of pyridine rings is 1. The predicted molar refractivity (Wildman–Crippen MR) is 123 cm³/mol. The number of aryl methyl sites for hydroxylation is 2.